The van der Waals surface area contributed by atoms with Gasteiger partial charge in [-0.2, -0.15) is 0 Å². The van der Waals surface area contributed by atoms with Gasteiger partial charge in [-0.05, 0) is 49.6 Å². The maximum absolute atomic E-state index is 12.4. The number of rotatable bonds is 3. The summed E-state index contributed by atoms with van der Waals surface area (Å²) in [7, 11) is 1.81. The smallest absolute Gasteiger partial charge is 0.255 e. The minimum atomic E-state index is 0.00424. The summed E-state index contributed by atoms with van der Waals surface area (Å²) in [6.45, 7) is 0.570. The summed E-state index contributed by atoms with van der Waals surface area (Å²) >= 11 is 11.8. The minimum absolute atomic E-state index is 0.00424. The van der Waals surface area contributed by atoms with Crippen LogP contribution in [-0.2, 0) is 6.54 Å². The van der Waals surface area contributed by atoms with Gasteiger partial charge in [0.05, 0.1) is 13.1 Å². The first-order chi connectivity index (χ1) is 8.99. The lowest BCUT2D eigenvalue weighted by molar-refractivity contribution is 0.0784. The second-order valence-corrected chi connectivity index (χ2v) is 8.59. The highest BCUT2D eigenvalue weighted by molar-refractivity contribution is 9.12. The standard InChI is InChI=1S/C13H10Br3NOS/c1-17(7-8-4-2-3-5-10(8)14)13(18)9-6-11(15)19-12(9)16/h2-6H,7H2,1H3. The SMILES string of the molecule is CN(Cc1ccccc1Br)C(=O)c1cc(Br)sc1Br. The molecule has 2 rings (SSSR count). The molecule has 1 amide bonds. The van der Waals surface area contributed by atoms with Crippen LogP contribution in [0.5, 0.6) is 0 Å². The van der Waals surface area contributed by atoms with Crippen LogP contribution in [0.2, 0.25) is 0 Å². The van der Waals surface area contributed by atoms with Crippen molar-refractivity contribution in [2.24, 2.45) is 0 Å². The Bertz CT molecular complexity index is 612. The topological polar surface area (TPSA) is 20.3 Å². The van der Waals surface area contributed by atoms with Crippen molar-refractivity contribution in [1.82, 2.24) is 4.90 Å². The zero-order chi connectivity index (χ0) is 14.0. The molecule has 0 fully saturated rings. The van der Waals surface area contributed by atoms with Gasteiger partial charge in [-0.15, -0.1) is 11.3 Å². The molecule has 0 spiro atoms. The summed E-state index contributed by atoms with van der Waals surface area (Å²) in [4.78, 5) is 14.1. The second-order valence-electron chi connectivity index (χ2n) is 3.99. The Labute approximate surface area is 141 Å². The molecule has 2 aromatic rings. The molecule has 0 radical (unpaired) electrons. The monoisotopic (exact) mass is 465 g/mol. The molecule has 0 bridgehead atoms. The molecular formula is C13H10Br3NOS. The molecule has 6 heteroatoms. The van der Waals surface area contributed by atoms with Gasteiger partial charge in [0.25, 0.3) is 5.91 Å². The van der Waals surface area contributed by atoms with Crippen molar-refractivity contribution in [2.45, 2.75) is 6.54 Å². The summed E-state index contributed by atoms with van der Waals surface area (Å²) in [5.41, 5.74) is 1.77. The third-order valence-electron chi connectivity index (χ3n) is 2.60. The maximum Gasteiger partial charge on any atom is 0.255 e. The van der Waals surface area contributed by atoms with E-state index in [9.17, 15) is 4.79 Å². The number of carbonyl (C=O) groups is 1. The van der Waals surface area contributed by atoms with Crippen molar-refractivity contribution in [3.8, 4) is 0 Å². The van der Waals surface area contributed by atoms with Gasteiger partial charge >= 0.3 is 0 Å². The van der Waals surface area contributed by atoms with Crippen molar-refractivity contribution in [1.29, 1.82) is 0 Å². The van der Waals surface area contributed by atoms with Crippen LogP contribution in [0.15, 0.2) is 42.4 Å². The van der Waals surface area contributed by atoms with Crippen LogP contribution in [0.4, 0.5) is 0 Å². The van der Waals surface area contributed by atoms with Crippen LogP contribution >= 0.6 is 59.1 Å². The molecule has 0 saturated carbocycles. The third-order valence-corrected chi connectivity index (χ3v) is 5.71. The zero-order valence-corrected chi connectivity index (χ0v) is 15.6. The average molecular weight is 468 g/mol. The van der Waals surface area contributed by atoms with Crippen LogP contribution in [-0.4, -0.2) is 17.9 Å². The molecule has 2 nitrogen and oxygen atoms in total. The molecule has 0 unspecified atom stereocenters. The molecule has 0 atom stereocenters. The molecule has 0 aliphatic heterocycles. The van der Waals surface area contributed by atoms with Crippen molar-refractivity contribution in [2.75, 3.05) is 7.05 Å². The molecule has 0 saturated heterocycles. The van der Waals surface area contributed by atoms with E-state index in [-0.39, 0.29) is 5.91 Å². The van der Waals surface area contributed by atoms with Crippen LogP contribution < -0.4 is 0 Å². The molecule has 0 aliphatic rings. The Kier molecular flexibility index (Phi) is 5.22. The maximum atomic E-state index is 12.4. The van der Waals surface area contributed by atoms with E-state index in [1.54, 1.807) is 11.9 Å². The summed E-state index contributed by atoms with van der Waals surface area (Å²) < 4.78 is 2.81. The van der Waals surface area contributed by atoms with E-state index < -0.39 is 0 Å². The highest BCUT2D eigenvalue weighted by Gasteiger charge is 2.18. The molecule has 1 aromatic carbocycles. The zero-order valence-electron chi connectivity index (χ0n) is 9.99. The average Bonchev–Trinajstić information content (AvgIpc) is 2.70. The van der Waals surface area contributed by atoms with E-state index in [1.165, 1.54) is 11.3 Å². The van der Waals surface area contributed by atoms with Crippen LogP contribution in [0.3, 0.4) is 0 Å². The van der Waals surface area contributed by atoms with E-state index in [2.05, 4.69) is 47.8 Å². The van der Waals surface area contributed by atoms with E-state index >= 15 is 0 Å². The highest BCUT2D eigenvalue weighted by atomic mass is 79.9. The lowest BCUT2D eigenvalue weighted by atomic mass is 10.2. The summed E-state index contributed by atoms with van der Waals surface area (Å²) in [6, 6.07) is 9.75. The molecule has 0 N–H and O–H groups in total. The van der Waals surface area contributed by atoms with Gasteiger partial charge in [-0.3, -0.25) is 4.79 Å². The van der Waals surface area contributed by atoms with Gasteiger partial charge in [-0.1, -0.05) is 34.1 Å². The number of carbonyl (C=O) groups excluding carboxylic acids is 1. The summed E-state index contributed by atoms with van der Waals surface area (Å²) in [5, 5.41) is 0. The highest BCUT2D eigenvalue weighted by Crippen LogP contribution is 2.32. The van der Waals surface area contributed by atoms with E-state index in [0.717, 1.165) is 17.6 Å². The van der Waals surface area contributed by atoms with E-state index in [1.807, 2.05) is 30.3 Å². The number of thiophene rings is 1. The van der Waals surface area contributed by atoms with Gasteiger partial charge in [0.1, 0.15) is 0 Å². The number of hydrogen-bond donors (Lipinski definition) is 0. The first kappa shape index (κ1) is 15.2. The normalized spacial score (nSPS) is 10.5. The lowest BCUT2D eigenvalue weighted by Gasteiger charge is -2.17. The molecule has 19 heavy (non-hydrogen) atoms. The number of nitrogens with zero attached hydrogens (tertiary/aromatic N) is 1. The number of hydrogen-bond acceptors (Lipinski definition) is 2. The molecular weight excluding hydrogens is 458 g/mol. The number of amides is 1. The predicted molar refractivity (Wildman–Crippen MR) is 89.7 cm³/mol. The van der Waals surface area contributed by atoms with Crippen LogP contribution in [0, 0.1) is 0 Å². The minimum Gasteiger partial charge on any atom is -0.337 e. The molecule has 0 aliphatic carbocycles. The number of benzene rings is 1. The summed E-state index contributed by atoms with van der Waals surface area (Å²) in [6.07, 6.45) is 0. The van der Waals surface area contributed by atoms with Crippen LogP contribution in [0.1, 0.15) is 15.9 Å². The Balaban J connectivity index is 2.16. The van der Waals surface area contributed by atoms with Crippen molar-refractivity contribution in [3.63, 3.8) is 0 Å². The Morgan fingerprint density at radius 2 is 1.95 bits per heavy atom. The number of halogens is 3. The van der Waals surface area contributed by atoms with Crippen molar-refractivity contribution in [3.05, 3.63) is 53.5 Å². The summed E-state index contributed by atoms with van der Waals surface area (Å²) in [5.74, 6) is 0.00424. The van der Waals surface area contributed by atoms with Gasteiger partial charge in [0, 0.05) is 18.1 Å². The first-order valence-electron chi connectivity index (χ1n) is 5.42. The predicted octanol–water partition coefficient (Wildman–Crippen LogP) is 5.31. The fraction of sp³-hybridized carbons (Fsp3) is 0.154. The van der Waals surface area contributed by atoms with Gasteiger partial charge in [0.2, 0.25) is 0 Å². The molecule has 1 heterocycles. The van der Waals surface area contributed by atoms with E-state index in [4.69, 9.17) is 0 Å². The Morgan fingerprint density at radius 1 is 1.26 bits per heavy atom. The molecule has 1 aromatic heterocycles. The fourth-order valence-corrected chi connectivity index (χ4v) is 4.83. The third kappa shape index (κ3) is 3.68. The van der Waals surface area contributed by atoms with Gasteiger partial charge < -0.3 is 4.90 Å². The second kappa shape index (κ2) is 6.52. The Morgan fingerprint density at radius 3 is 2.53 bits per heavy atom. The largest absolute Gasteiger partial charge is 0.337 e. The fourth-order valence-electron chi connectivity index (χ4n) is 1.65. The first-order valence-corrected chi connectivity index (χ1v) is 8.62. The van der Waals surface area contributed by atoms with E-state index in [0.29, 0.717) is 12.1 Å². The van der Waals surface area contributed by atoms with Gasteiger partial charge in [0.15, 0.2) is 0 Å². The van der Waals surface area contributed by atoms with Crippen molar-refractivity contribution < 1.29 is 4.79 Å². The lowest BCUT2D eigenvalue weighted by Crippen LogP contribution is -2.26. The quantitative estimate of drug-likeness (QED) is 0.599. The van der Waals surface area contributed by atoms with Crippen molar-refractivity contribution >= 4 is 65.0 Å². The Hall–Kier alpha value is -0.170. The molecule has 100 valence electrons. The van der Waals surface area contributed by atoms with Crippen LogP contribution in [0.25, 0.3) is 0 Å². The van der Waals surface area contributed by atoms with Gasteiger partial charge in [-0.25, -0.2) is 0 Å².